The van der Waals surface area contributed by atoms with Crippen LogP contribution in [-0.4, -0.2) is 29.7 Å². The van der Waals surface area contributed by atoms with Gasteiger partial charge < -0.3 is 4.74 Å². The van der Waals surface area contributed by atoms with Gasteiger partial charge in [0.15, 0.2) is 5.03 Å². The minimum absolute atomic E-state index is 0.0594. The summed E-state index contributed by atoms with van der Waals surface area (Å²) in [4.78, 5) is 21.3. The highest BCUT2D eigenvalue weighted by Crippen LogP contribution is 2.08. The summed E-state index contributed by atoms with van der Waals surface area (Å²) >= 11 is 0. The van der Waals surface area contributed by atoms with E-state index in [1.54, 1.807) is 0 Å². The standard InChI is InChI=1S/C7H8N2O4/c1-13-7(10)6-3-2-4-8(5-6)9(11)12/h2-4H,5H2,1H3. The third kappa shape index (κ3) is 2.05. The SMILES string of the molecule is COC(=O)C1=CC=CN([N+](=O)[O-])C1. The van der Waals surface area contributed by atoms with E-state index in [0.717, 1.165) is 5.01 Å². The van der Waals surface area contributed by atoms with E-state index in [4.69, 9.17) is 0 Å². The van der Waals surface area contributed by atoms with Gasteiger partial charge in [-0.3, -0.25) is 0 Å². The Kier molecular flexibility index (Phi) is 2.63. The van der Waals surface area contributed by atoms with E-state index < -0.39 is 11.0 Å². The molecule has 70 valence electrons. The summed E-state index contributed by atoms with van der Waals surface area (Å²) in [5, 5.41) is 10.5. The van der Waals surface area contributed by atoms with Gasteiger partial charge in [0.05, 0.1) is 18.9 Å². The largest absolute Gasteiger partial charge is 0.466 e. The van der Waals surface area contributed by atoms with E-state index in [-0.39, 0.29) is 12.1 Å². The van der Waals surface area contributed by atoms with Crippen LogP contribution in [-0.2, 0) is 9.53 Å². The van der Waals surface area contributed by atoms with Gasteiger partial charge in [-0.15, -0.1) is 0 Å². The quantitative estimate of drug-likeness (QED) is 0.346. The smallest absolute Gasteiger partial charge is 0.335 e. The van der Waals surface area contributed by atoms with Crippen LogP contribution < -0.4 is 0 Å². The Bertz CT molecular complexity index is 295. The normalized spacial score (nSPS) is 15.2. The van der Waals surface area contributed by atoms with Crippen LogP contribution in [0.3, 0.4) is 0 Å². The number of allylic oxidation sites excluding steroid dienone is 2. The molecule has 1 rings (SSSR count). The van der Waals surface area contributed by atoms with Crippen molar-refractivity contribution in [3.8, 4) is 0 Å². The number of carbonyl (C=O) groups is 1. The molecule has 0 unspecified atom stereocenters. The third-order valence-corrected chi connectivity index (χ3v) is 1.55. The Morgan fingerprint density at radius 3 is 3.00 bits per heavy atom. The summed E-state index contributed by atoms with van der Waals surface area (Å²) < 4.78 is 4.43. The molecule has 6 nitrogen and oxygen atoms in total. The molecule has 0 amide bonds. The predicted molar refractivity (Wildman–Crippen MR) is 42.9 cm³/mol. The number of hydrogen-bond acceptors (Lipinski definition) is 4. The molecule has 0 saturated heterocycles. The molecule has 13 heavy (non-hydrogen) atoms. The van der Waals surface area contributed by atoms with Gasteiger partial charge in [-0.1, -0.05) is 5.01 Å². The van der Waals surface area contributed by atoms with E-state index >= 15 is 0 Å². The van der Waals surface area contributed by atoms with Crippen LogP contribution in [0.25, 0.3) is 0 Å². The first-order valence-electron chi connectivity index (χ1n) is 3.51. The van der Waals surface area contributed by atoms with Gasteiger partial charge in [0.25, 0.3) is 0 Å². The van der Waals surface area contributed by atoms with Crippen molar-refractivity contribution in [1.82, 2.24) is 5.01 Å². The highest BCUT2D eigenvalue weighted by atomic mass is 16.7. The van der Waals surface area contributed by atoms with Crippen LogP contribution in [0.2, 0.25) is 0 Å². The van der Waals surface area contributed by atoms with Crippen LogP contribution in [0, 0.1) is 10.1 Å². The van der Waals surface area contributed by atoms with Crippen molar-refractivity contribution in [2.45, 2.75) is 0 Å². The summed E-state index contributed by atoms with van der Waals surface area (Å²) in [5.41, 5.74) is 0.265. The van der Waals surface area contributed by atoms with E-state index in [0.29, 0.717) is 0 Å². The fourth-order valence-corrected chi connectivity index (χ4v) is 0.914. The van der Waals surface area contributed by atoms with Crippen molar-refractivity contribution >= 4 is 5.97 Å². The second kappa shape index (κ2) is 3.70. The zero-order valence-electron chi connectivity index (χ0n) is 6.97. The third-order valence-electron chi connectivity index (χ3n) is 1.55. The number of ether oxygens (including phenoxy) is 1. The number of nitrogens with zero attached hydrogens (tertiary/aromatic N) is 2. The molecule has 6 heteroatoms. The van der Waals surface area contributed by atoms with Crippen molar-refractivity contribution in [3.05, 3.63) is 34.0 Å². The van der Waals surface area contributed by atoms with E-state index in [1.807, 2.05) is 0 Å². The second-order valence-corrected chi connectivity index (χ2v) is 2.36. The molecule has 0 atom stereocenters. The molecule has 0 fully saturated rings. The van der Waals surface area contributed by atoms with Crippen LogP contribution >= 0.6 is 0 Å². The molecule has 1 heterocycles. The van der Waals surface area contributed by atoms with Crippen LogP contribution in [0.15, 0.2) is 23.9 Å². The lowest BCUT2D eigenvalue weighted by molar-refractivity contribution is -0.638. The Morgan fingerprint density at radius 2 is 2.46 bits per heavy atom. The van der Waals surface area contributed by atoms with Gasteiger partial charge in [0.2, 0.25) is 0 Å². The average molecular weight is 184 g/mol. The molecule has 0 aromatic heterocycles. The highest BCUT2D eigenvalue weighted by molar-refractivity contribution is 5.89. The number of hydrazine groups is 1. The fourth-order valence-electron chi connectivity index (χ4n) is 0.914. The predicted octanol–water partition coefficient (Wildman–Crippen LogP) is 0.107. The van der Waals surface area contributed by atoms with Crippen LogP contribution in [0.4, 0.5) is 0 Å². The average Bonchev–Trinajstić information content (AvgIpc) is 2.17. The van der Waals surface area contributed by atoms with Gasteiger partial charge in [0, 0.05) is 0 Å². The molecule has 0 aromatic carbocycles. The highest BCUT2D eigenvalue weighted by Gasteiger charge is 2.20. The maximum atomic E-state index is 11.0. The summed E-state index contributed by atoms with van der Waals surface area (Å²) in [6.07, 6.45) is 4.21. The maximum Gasteiger partial charge on any atom is 0.335 e. The van der Waals surface area contributed by atoms with Crippen molar-refractivity contribution in [2.75, 3.05) is 13.7 Å². The minimum Gasteiger partial charge on any atom is -0.466 e. The van der Waals surface area contributed by atoms with Crippen LogP contribution in [0.1, 0.15) is 0 Å². The van der Waals surface area contributed by atoms with Gasteiger partial charge >= 0.3 is 5.97 Å². The number of hydrogen-bond donors (Lipinski definition) is 0. The lowest BCUT2D eigenvalue weighted by Gasteiger charge is -2.13. The summed E-state index contributed by atoms with van der Waals surface area (Å²) in [7, 11) is 1.23. The van der Waals surface area contributed by atoms with Crippen LogP contribution in [0.5, 0.6) is 0 Å². The number of methoxy groups -OCH3 is 1. The number of nitro groups is 1. The Labute approximate surface area is 74.2 Å². The Morgan fingerprint density at radius 1 is 1.77 bits per heavy atom. The second-order valence-electron chi connectivity index (χ2n) is 2.36. The van der Waals surface area contributed by atoms with Gasteiger partial charge in [-0.05, 0) is 12.2 Å². The molecular weight excluding hydrogens is 176 g/mol. The summed E-state index contributed by atoms with van der Waals surface area (Å²) in [6.45, 7) is -0.0594. The molecule has 0 aromatic rings. The summed E-state index contributed by atoms with van der Waals surface area (Å²) in [5.74, 6) is -0.545. The van der Waals surface area contributed by atoms with Gasteiger partial charge in [-0.2, -0.15) is 0 Å². The topological polar surface area (TPSA) is 72.7 Å². The lowest BCUT2D eigenvalue weighted by atomic mass is 10.2. The maximum absolute atomic E-state index is 11.0. The molecule has 0 bridgehead atoms. The Hall–Kier alpha value is -1.85. The van der Waals surface area contributed by atoms with Gasteiger partial charge in [0.1, 0.15) is 6.54 Å². The number of carbonyl (C=O) groups excluding carboxylic acids is 1. The number of esters is 1. The Balaban J connectivity index is 2.71. The molecular formula is C7H8N2O4. The molecule has 1 aliphatic rings. The molecule has 1 aliphatic heterocycles. The van der Waals surface area contributed by atoms with Crippen molar-refractivity contribution < 1.29 is 14.6 Å². The minimum atomic E-state index is -0.591. The first-order valence-corrected chi connectivity index (χ1v) is 3.51. The number of rotatable bonds is 2. The monoisotopic (exact) mass is 184 g/mol. The van der Waals surface area contributed by atoms with Crippen molar-refractivity contribution in [3.63, 3.8) is 0 Å². The van der Waals surface area contributed by atoms with E-state index in [1.165, 1.54) is 25.5 Å². The van der Waals surface area contributed by atoms with Crippen molar-refractivity contribution in [2.24, 2.45) is 0 Å². The molecule has 0 radical (unpaired) electrons. The summed E-state index contributed by atoms with van der Waals surface area (Å²) in [6, 6.07) is 0. The first kappa shape index (κ1) is 9.24. The van der Waals surface area contributed by atoms with Gasteiger partial charge in [-0.25, -0.2) is 14.9 Å². The van der Waals surface area contributed by atoms with E-state index in [2.05, 4.69) is 4.74 Å². The zero-order valence-corrected chi connectivity index (χ0v) is 6.97. The molecule has 0 saturated carbocycles. The van der Waals surface area contributed by atoms with Crippen molar-refractivity contribution in [1.29, 1.82) is 0 Å². The fraction of sp³-hybridized carbons (Fsp3) is 0.286. The molecule has 0 N–H and O–H groups in total. The molecule has 0 spiro atoms. The lowest BCUT2D eigenvalue weighted by Crippen LogP contribution is -2.30. The first-order chi connectivity index (χ1) is 6.15. The van der Waals surface area contributed by atoms with E-state index in [9.17, 15) is 14.9 Å². The zero-order chi connectivity index (χ0) is 9.84. The molecule has 0 aliphatic carbocycles.